The Balaban J connectivity index is 2.70. The summed E-state index contributed by atoms with van der Waals surface area (Å²) in [4.78, 5) is 0. The van der Waals surface area contributed by atoms with Crippen molar-refractivity contribution in [2.24, 2.45) is 0 Å². The van der Waals surface area contributed by atoms with Crippen LogP contribution in [0.25, 0.3) is 0 Å². The van der Waals surface area contributed by atoms with Gasteiger partial charge in [-0.15, -0.1) is 0 Å². The first kappa shape index (κ1) is 14.2. The minimum atomic E-state index is -0.119. The van der Waals surface area contributed by atoms with Gasteiger partial charge in [-0.25, -0.2) is 0 Å². The molecule has 1 unspecified atom stereocenters. The van der Waals surface area contributed by atoms with Gasteiger partial charge in [-0.2, -0.15) is 0 Å². The van der Waals surface area contributed by atoms with Gasteiger partial charge in [-0.3, -0.25) is 0 Å². The van der Waals surface area contributed by atoms with Gasteiger partial charge in [0, 0.05) is 19.7 Å². The minimum Gasteiger partial charge on any atom is -0.377 e. The van der Waals surface area contributed by atoms with Crippen molar-refractivity contribution < 1.29 is 4.74 Å². The molecule has 0 fully saturated rings. The van der Waals surface area contributed by atoms with Crippen LogP contribution in [-0.2, 0) is 4.74 Å². The Morgan fingerprint density at radius 1 is 1.29 bits per heavy atom. The normalized spacial score (nSPS) is 13.8. The Morgan fingerprint density at radius 3 is 2.53 bits per heavy atom. The Morgan fingerprint density at radius 2 is 1.94 bits per heavy atom. The molecule has 0 aliphatic heterocycles. The topological polar surface area (TPSA) is 21.3 Å². The van der Waals surface area contributed by atoms with Crippen molar-refractivity contribution in [1.82, 2.24) is 5.32 Å². The molecule has 1 aromatic rings. The van der Waals surface area contributed by atoms with E-state index in [0.717, 1.165) is 6.54 Å². The second kappa shape index (κ2) is 5.65. The number of hydrogen-bond donors (Lipinski definition) is 1. The summed E-state index contributed by atoms with van der Waals surface area (Å²) in [5, 5.41) is 3.53. The van der Waals surface area contributed by atoms with E-state index >= 15 is 0 Å². The van der Waals surface area contributed by atoms with E-state index in [-0.39, 0.29) is 5.60 Å². The maximum Gasteiger partial charge on any atom is 0.0746 e. The Kier molecular flexibility index (Phi) is 4.72. The number of aryl methyl sites for hydroxylation is 2. The van der Waals surface area contributed by atoms with Crippen molar-refractivity contribution in [3.05, 3.63) is 34.9 Å². The van der Waals surface area contributed by atoms with Gasteiger partial charge in [0.2, 0.25) is 0 Å². The quantitative estimate of drug-likeness (QED) is 0.844. The predicted molar refractivity (Wildman–Crippen MR) is 73.4 cm³/mol. The van der Waals surface area contributed by atoms with Crippen LogP contribution >= 0.6 is 0 Å². The van der Waals surface area contributed by atoms with E-state index in [0.29, 0.717) is 6.04 Å². The van der Waals surface area contributed by atoms with Gasteiger partial charge in [0.15, 0.2) is 0 Å². The van der Waals surface area contributed by atoms with E-state index in [1.807, 2.05) is 0 Å². The van der Waals surface area contributed by atoms with E-state index in [9.17, 15) is 0 Å². The molecule has 1 N–H and O–H groups in total. The number of ether oxygens (including phenoxy) is 1. The molecule has 1 rings (SSSR count). The van der Waals surface area contributed by atoms with Crippen LogP contribution in [0, 0.1) is 13.8 Å². The van der Waals surface area contributed by atoms with Gasteiger partial charge in [0.05, 0.1) is 5.60 Å². The maximum absolute atomic E-state index is 5.42. The lowest BCUT2D eigenvalue weighted by atomic mass is 9.99. The largest absolute Gasteiger partial charge is 0.377 e. The molecule has 0 saturated heterocycles. The molecule has 0 aliphatic carbocycles. The minimum absolute atomic E-state index is 0.119. The van der Waals surface area contributed by atoms with Crippen LogP contribution in [0.5, 0.6) is 0 Å². The van der Waals surface area contributed by atoms with Crippen molar-refractivity contribution in [3.63, 3.8) is 0 Å². The first-order chi connectivity index (χ1) is 7.85. The maximum atomic E-state index is 5.42. The van der Waals surface area contributed by atoms with Gasteiger partial charge in [0.25, 0.3) is 0 Å². The van der Waals surface area contributed by atoms with Crippen LogP contribution in [-0.4, -0.2) is 19.3 Å². The third kappa shape index (κ3) is 4.14. The van der Waals surface area contributed by atoms with Crippen LogP contribution < -0.4 is 5.32 Å². The lowest BCUT2D eigenvalue weighted by molar-refractivity contribution is 0.0214. The summed E-state index contributed by atoms with van der Waals surface area (Å²) < 4.78 is 5.42. The highest BCUT2D eigenvalue weighted by atomic mass is 16.5. The Labute approximate surface area is 105 Å². The van der Waals surface area contributed by atoms with E-state index < -0.39 is 0 Å². The first-order valence-corrected chi connectivity index (χ1v) is 6.21. The van der Waals surface area contributed by atoms with Gasteiger partial charge < -0.3 is 10.1 Å². The number of nitrogens with one attached hydrogen (secondary N) is 1. The molecule has 0 aromatic heterocycles. The fraction of sp³-hybridized carbons (Fsp3) is 0.600. The van der Waals surface area contributed by atoms with Gasteiger partial charge in [-0.1, -0.05) is 23.8 Å². The summed E-state index contributed by atoms with van der Waals surface area (Å²) in [6.45, 7) is 11.5. The summed E-state index contributed by atoms with van der Waals surface area (Å²) in [6, 6.07) is 6.95. The molecular weight excluding hydrogens is 210 g/mol. The highest BCUT2D eigenvalue weighted by Crippen LogP contribution is 2.19. The molecule has 2 heteroatoms. The number of benzene rings is 1. The highest BCUT2D eigenvalue weighted by molar-refractivity contribution is 5.32. The van der Waals surface area contributed by atoms with Crippen LogP contribution in [0.3, 0.4) is 0 Å². The molecular formula is C15H25NO. The zero-order valence-corrected chi connectivity index (χ0v) is 11.9. The standard InChI is InChI=1S/C15H25NO/c1-11-7-8-12(2)14(9-11)13(3)16-10-15(4,5)17-6/h7-9,13,16H,10H2,1-6H3. The second-order valence-electron chi connectivity index (χ2n) is 5.43. The average Bonchev–Trinajstić information content (AvgIpc) is 2.29. The molecule has 0 radical (unpaired) electrons. The van der Waals surface area contributed by atoms with Crippen molar-refractivity contribution in [2.75, 3.05) is 13.7 Å². The second-order valence-corrected chi connectivity index (χ2v) is 5.43. The summed E-state index contributed by atoms with van der Waals surface area (Å²) >= 11 is 0. The van der Waals surface area contributed by atoms with Gasteiger partial charge in [-0.05, 0) is 45.7 Å². The Bertz CT molecular complexity index is 371. The predicted octanol–water partition coefficient (Wildman–Crippen LogP) is 3.38. The van der Waals surface area contributed by atoms with Crippen molar-refractivity contribution in [2.45, 2.75) is 46.3 Å². The van der Waals surface area contributed by atoms with Crippen LogP contribution in [0.2, 0.25) is 0 Å². The zero-order valence-electron chi connectivity index (χ0n) is 11.9. The van der Waals surface area contributed by atoms with Crippen LogP contribution in [0.4, 0.5) is 0 Å². The molecule has 17 heavy (non-hydrogen) atoms. The molecule has 1 aromatic carbocycles. The van der Waals surface area contributed by atoms with Crippen molar-refractivity contribution in [3.8, 4) is 0 Å². The van der Waals surface area contributed by atoms with Crippen molar-refractivity contribution >= 4 is 0 Å². The molecule has 0 heterocycles. The van der Waals surface area contributed by atoms with Gasteiger partial charge in [0.1, 0.15) is 0 Å². The first-order valence-electron chi connectivity index (χ1n) is 6.21. The molecule has 2 nitrogen and oxygen atoms in total. The molecule has 0 saturated carbocycles. The fourth-order valence-corrected chi connectivity index (χ4v) is 1.81. The summed E-state index contributed by atoms with van der Waals surface area (Å²) in [5.74, 6) is 0. The van der Waals surface area contributed by atoms with Crippen LogP contribution in [0.15, 0.2) is 18.2 Å². The van der Waals surface area contributed by atoms with E-state index in [4.69, 9.17) is 4.74 Å². The number of rotatable bonds is 5. The average molecular weight is 235 g/mol. The zero-order chi connectivity index (χ0) is 13.1. The third-order valence-electron chi connectivity index (χ3n) is 3.29. The SMILES string of the molecule is COC(C)(C)CNC(C)c1cc(C)ccc1C. The van der Waals surface area contributed by atoms with Crippen LogP contribution in [0.1, 0.15) is 43.5 Å². The van der Waals surface area contributed by atoms with Gasteiger partial charge >= 0.3 is 0 Å². The fourth-order valence-electron chi connectivity index (χ4n) is 1.81. The lowest BCUT2D eigenvalue weighted by Gasteiger charge is -2.26. The molecule has 0 amide bonds. The van der Waals surface area contributed by atoms with Crippen molar-refractivity contribution in [1.29, 1.82) is 0 Å². The molecule has 1 atom stereocenters. The monoisotopic (exact) mass is 235 g/mol. The molecule has 0 bridgehead atoms. The number of hydrogen-bond acceptors (Lipinski definition) is 2. The number of methoxy groups -OCH3 is 1. The van der Waals surface area contributed by atoms with E-state index in [2.05, 4.69) is 58.1 Å². The molecule has 0 spiro atoms. The highest BCUT2D eigenvalue weighted by Gasteiger charge is 2.18. The summed E-state index contributed by atoms with van der Waals surface area (Å²) in [6.07, 6.45) is 0. The summed E-state index contributed by atoms with van der Waals surface area (Å²) in [5.41, 5.74) is 3.90. The molecule has 0 aliphatic rings. The van der Waals surface area contributed by atoms with E-state index in [1.165, 1.54) is 16.7 Å². The molecule has 96 valence electrons. The Hall–Kier alpha value is -0.860. The lowest BCUT2D eigenvalue weighted by Crippen LogP contribution is -2.38. The van der Waals surface area contributed by atoms with E-state index in [1.54, 1.807) is 7.11 Å². The summed E-state index contributed by atoms with van der Waals surface area (Å²) in [7, 11) is 1.75. The third-order valence-corrected chi connectivity index (χ3v) is 3.29. The smallest absolute Gasteiger partial charge is 0.0746 e.